The van der Waals surface area contributed by atoms with E-state index in [0.29, 0.717) is 17.9 Å². The van der Waals surface area contributed by atoms with Crippen molar-refractivity contribution in [3.63, 3.8) is 0 Å². The van der Waals surface area contributed by atoms with Gasteiger partial charge in [0.15, 0.2) is 0 Å². The Balaban J connectivity index is 1.82. The molecule has 0 N–H and O–H groups in total. The standard InChI is InChI=1S/C17H12N2O/c18-11-14-6-2-4-8-17(14)20-12-15-10-9-13-5-1-3-7-16(13)19-15/h1-10H,12H2. The van der Waals surface area contributed by atoms with E-state index in [0.717, 1.165) is 16.6 Å². The summed E-state index contributed by atoms with van der Waals surface area (Å²) in [6.45, 7) is 0.351. The number of rotatable bonds is 3. The van der Waals surface area contributed by atoms with E-state index in [-0.39, 0.29) is 0 Å². The average molecular weight is 260 g/mol. The fourth-order valence-corrected chi connectivity index (χ4v) is 2.03. The number of benzene rings is 2. The van der Waals surface area contributed by atoms with Gasteiger partial charge in [0, 0.05) is 5.39 Å². The number of hydrogen-bond donors (Lipinski definition) is 0. The van der Waals surface area contributed by atoms with Gasteiger partial charge in [0.2, 0.25) is 0 Å². The predicted molar refractivity (Wildman–Crippen MR) is 77.2 cm³/mol. The highest BCUT2D eigenvalue weighted by Gasteiger charge is 2.03. The maximum absolute atomic E-state index is 9.01. The molecule has 3 nitrogen and oxygen atoms in total. The Bertz CT molecular complexity index is 790. The van der Waals surface area contributed by atoms with Gasteiger partial charge in [0.1, 0.15) is 18.4 Å². The van der Waals surface area contributed by atoms with Crippen molar-refractivity contribution in [2.75, 3.05) is 0 Å². The fraction of sp³-hybridized carbons (Fsp3) is 0.0588. The van der Waals surface area contributed by atoms with Crippen LogP contribution >= 0.6 is 0 Å². The van der Waals surface area contributed by atoms with Crippen LogP contribution in [0, 0.1) is 11.3 Å². The summed E-state index contributed by atoms with van der Waals surface area (Å²) in [5.74, 6) is 0.588. The normalized spacial score (nSPS) is 10.2. The molecule has 1 heterocycles. The second-order valence-electron chi connectivity index (χ2n) is 4.39. The lowest BCUT2D eigenvalue weighted by Crippen LogP contribution is -1.99. The molecule has 0 unspecified atom stereocenters. The van der Waals surface area contributed by atoms with Gasteiger partial charge < -0.3 is 4.74 Å². The van der Waals surface area contributed by atoms with Crippen molar-refractivity contribution in [1.29, 1.82) is 5.26 Å². The Morgan fingerprint density at radius 2 is 1.75 bits per heavy atom. The largest absolute Gasteiger partial charge is 0.486 e. The van der Waals surface area contributed by atoms with Crippen LogP contribution in [0.4, 0.5) is 0 Å². The molecular formula is C17H12N2O. The summed E-state index contributed by atoms with van der Waals surface area (Å²) in [5.41, 5.74) is 2.33. The molecule has 0 aliphatic heterocycles. The van der Waals surface area contributed by atoms with Crippen LogP contribution in [0.3, 0.4) is 0 Å². The SMILES string of the molecule is N#Cc1ccccc1OCc1ccc2ccccc2n1. The summed E-state index contributed by atoms with van der Waals surface area (Å²) in [5, 5.41) is 10.1. The van der Waals surface area contributed by atoms with E-state index in [1.165, 1.54) is 0 Å². The predicted octanol–water partition coefficient (Wildman–Crippen LogP) is 3.69. The van der Waals surface area contributed by atoms with E-state index in [1.54, 1.807) is 12.1 Å². The molecule has 96 valence electrons. The Morgan fingerprint density at radius 1 is 0.950 bits per heavy atom. The Kier molecular flexibility index (Phi) is 3.30. The van der Waals surface area contributed by atoms with Gasteiger partial charge in [-0.3, -0.25) is 0 Å². The number of para-hydroxylation sites is 2. The van der Waals surface area contributed by atoms with E-state index in [1.807, 2.05) is 48.5 Å². The summed E-state index contributed by atoms with van der Waals surface area (Å²) in [6, 6.07) is 21.2. The molecule has 0 spiro atoms. The first-order valence-electron chi connectivity index (χ1n) is 6.33. The molecule has 0 amide bonds. The zero-order chi connectivity index (χ0) is 13.8. The van der Waals surface area contributed by atoms with Crippen molar-refractivity contribution in [3.05, 3.63) is 71.9 Å². The molecule has 20 heavy (non-hydrogen) atoms. The molecule has 0 saturated carbocycles. The average Bonchev–Trinajstić information content (AvgIpc) is 2.53. The van der Waals surface area contributed by atoms with Crippen LogP contribution in [-0.4, -0.2) is 4.98 Å². The molecule has 2 aromatic carbocycles. The van der Waals surface area contributed by atoms with Gasteiger partial charge >= 0.3 is 0 Å². The number of aromatic nitrogens is 1. The van der Waals surface area contributed by atoms with Crippen molar-refractivity contribution in [2.45, 2.75) is 6.61 Å². The van der Waals surface area contributed by atoms with Crippen LogP contribution in [0.2, 0.25) is 0 Å². The van der Waals surface area contributed by atoms with Crippen molar-refractivity contribution in [1.82, 2.24) is 4.98 Å². The first-order valence-corrected chi connectivity index (χ1v) is 6.33. The van der Waals surface area contributed by atoms with E-state index < -0.39 is 0 Å². The number of nitriles is 1. The summed E-state index contributed by atoms with van der Waals surface area (Å²) in [4.78, 5) is 4.54. The van der Waals surface area contributed by atoms with Crippen LogP contribution in [0.15, 0.2) is 60.7 Å². The Labute approximate surface area is 117 Å². The Morgan fingerprint density at radius 3 is 2.65 bits per heavy atom. The number of ether oxygens (including phenoxy) is 1. The van der Waals surface area contributed by atoms with Crippen LogP contribution in [-0.2, 0) is 6.61 Å². The van der Waals surface area contributed by atoms with E-state index in [9.17, 15) is 0 Å². The lowest BCUT2D eigenvalue weighted by molar-refractivity contribution is 0.301. The van der Waals surface area contributed by atoms with Crippen molar-refractivity contribution in [3.8, 4) is 11.8 Å². The van der Waals surface area contributed by atoms with Gasteiger partial charge in [-0.2, -0.15) is 5.26 Å². The van der Waals surface area contributed by atoms with E-state index >= 15 is 0 Å². The Hall–Kier alpha value is -2.86. The molecule has 0 atom stereocenters. The molecule has 0 saturated heterocycles. The van der Waals surface area contributed by atoms with Crippen LogP contribution in [0.25, 0.3) is 10.9 Å². The molecule has 0 aliphatic carbocycles. The van der Waals surface area contributed by atoms with Crippen molar-refractivity contribution >= 4 is 10.9 Å². The van der Waals surface area contributed by atoms with Gasteiger partial charge in [-0.25, -0.2) is 4.98 Å². The quantitative estimate of drug-likeness (QED) is 0.721. The van der Waals surface area contributed by atoms with Crippen LogP contribution in [0.1, 0.15) is 11.3 Å². The highest BCUT2D eigenvalue weighted by molar-refractivity contribution is 5.78. The molecule has 0 radical (unpaired) electrons. The maximum Gasteiger partial charge on any atom is 0.137 e. The van der Waals surface area contributed by atoms with Gasteiger partial charge in [-0.05, 0) is 24.3 Å². The minimum absolute atomic E-state index is 0.351. The highest BCUT2D eigenvalue weighted by Crippen LogP contribution is 2.18. The monoisotopic (exact) mass is 260 g/mol. The number of hydrogen-bond acceptors (Lipinski definition) is 3. The fourth-order valence-electron chi connectivity index (χ4n) is 2.03. The first kappa shape index (κ1) is 12.2. The third kappa shape index (κ3) is 2.45. The smallest absolute Gasteiger partial charge is 0.137 e. The van der Waals surface area contributed by atoms with Crippen molar-refractivity contribution < 1.29 is 4.74 Å². The van der Waals surface area contributed by atoms with E-state index in [2.05, 4.69) is 11.1 Å². The molecule has 3 rings (SSSR count). The second-order valence-corrected chi connectivity index (χ2v) is 4.39. The van der Waals surface area contributed by atoms with Gasteiger partial charge in [-0.1, -0.05) is 36.4 Å². The van der Waals surface area contributed by atoms with Crippen LogP contribution < -0.4 is 4.74 Å². The third-order valence-corrected chi connectivity index (χ3v) is 3.04. The number of pyridine rings is 1. The minimum Gasteiger partial charge on any atom is -0.486 e. The zero-order valence-corrected chi connectivity index (χ0v) is 10.8. The summed E-state index contributed by atoms with van der Waals surface area (Å²) >= 11 is 0. The summed E-state index contributed by atoms with van der Waals surface area (Å²) in [6.07, 6.45) is 0. The molecule has 0 fully saturated rings. The molecule has 3 heteroatoms. The summed E-state index contributed by atoms with van der Waals surface area (Å²) < 4.78 is 5.68. The molecule has 1 aromatic heterocycles. The molecule has 0 aliphatic rings. The molecule has 0 bridgehead atoms. The maximum atomic E-state index is 9.01. The van der Waals surface area contributed by atoms with Gasteiger partial charge in [0.25, 0.3) is 0 Å². The lowest BCUT2D eigenvalue weighted by atomic mass is 10.2. The third-order valence-electron chi connectivity index (χ3n) is 3.04. The van der Waals surface area contributed by atoms with Crippen molar-refractivity contribution in [2.24, 2.45) is 0 Å². The topological polar surface area (TPSA) is 45.9 Å². The first-order chi connectivity index (χ1) is 9.86. The van der Waals surface area contributed by atoms with Gasteiger partial charge in [0.05, 0.1) is 16.8 Å². The highest BCUT2D eigenvalue weighted by atomic mass is 16.5. The number of nitrogens with zero attached hydrogens (tertiary/aromatic N) is 2. The number of fused-ring (bicyclic) bond motifs is 1. The zero-order valence-electron chi connectivity index (χ0n) is 10.8. The molecule has 3 aromatic rings. The lowest BCUT2D eigenvalue weighted by Gasteiger charge is -2.07. The summed E-state index contributed by atoms with van der Waals surface area (Å²) in [7, 11) is 0. The minimum atomic E-state index is 0.351. The second kappa shape index (κ2) is 5.41. The van der Waals surface area contributed by atoms with Crippen LogP contribution in [0.5, 0.6) is 5.75 Å². The molecular weight excluding hydrogens is 248 g/mol. The van der Waals surface area contributed by atoms with E-state index in [4.69, 9.17) is 10.00 Å². The van der Waals surface area contributed by atoms with Gasteiger partial charge in [-0.15, -0.1) is 0 Å².